The summed E-state index contributed by atoms with van der Waals surface area (Å²) in [7, 11) is 0. The number of aryl methyl sites for hydroxylation is 1. The van der Waals surface area contributed by atoms with Crippen LogP contribution in [0.2, 0.25) is 0 Å². The topological polar surface area (TPSA) is 76.0 Å². The first-order valence-corrected chi connectivity index (χ1v) is 8.63. The van der Waals surface area contributed by atoms with Gasteiger partial charge in [-0.1, -0.05) is 0 Å². The minimum Gasteiger partial charge on any atom is -0.347 e. The van der Waals surface area contributed by atoms with E-state index in [1.807, 2.05) is 12.3 Å². The number of pyridine rings is 1. The molecule has 0 unspecified atom stereocenters. The van der Waals surface area contributed by atoms with Crippen molar-refractivity contribution in [3.63, 3.8) is 0 Å². The van der Waals surface area contributed by atoms with Crippen LogP contribution in [-0.2, 0) is 6.54 Å². The van der Waals surface area contributed by atoms with Gasteiger partial charge in [0.25, 0.3) is 11.5 Å². The summed E-state index contributed by atoms with van der Waals surface area (Å²) in [5.74, 6) is -0.316. The second-order valence-electron chi connectivity index (χ2n) is 5.72. The number of aromatic nitrogens is 2. The zero-order valence-electron chi connectivity index (χ0n) is 13.9. The van der Waals surface area contributed by atoms with E-state index in [9.17, 15) is 9.59 Å². The normalized spacial score (nSPS) is 14.3. The molecule has 0 saturated carbocycles. The highest BCUT2D eigenvalue weighted by Crippen LogP contribution is 2.17. The Labute approximate surface area is 162 Å². The lowest BCUT2D eigenvalue weighted by Crippen LogP contribution is -2.38. The fourth-order valence-electron chi connectivity index (χ4n) is 2.87. The number of hydrogen-bond donors (Lipinski definition) is 2. The van der Waals surface area contributed by atoms with Gasteiger partial charge in [-0.3, -0.25) is 14.6 Å². The predicted molar refractivity (Wildman–Crippen MR) is 104 cm³/mol. The third kappa shape index (κ3) is 5.04. The molecule has 0 radical (unpaired) electrons. The highest BCUT2D eigenvalue weighted by Gasteiger charge is 2.21. The van der Waals surface area contributed by atoms with Gasteiger partial charge in [-0.25, -0.2) is 0 Å². The van der Waals surface area contributed by atoms with Crippen molar-refractivity contribution < 1.29 is 4.79 Å². The summed E-state index contributed by atoms with van der Waals surface area (Å²) in [6.45, 7) is 4.00. The number of hydrogen-bond acceptors (Lipinski definition) is 5. The molecule has 9 heteroatoms. The molecule has 2 aromatic rings. The number of nitrogens with one attached hydrogen (secondary N) is 2. The monoisotopic (exact) mass is 404 g/mol. The Morgan fingerprint density at radius 3 is 2.76 bits per heavy atom. The molecule has 0 aliphatic carbocycles. The van der Waals surface area contributed by atoms with Gasteiger partial charge >= 0.3 is 0 Å². The fourth-order valence-corrected chi connectivity index (χ4v) is 3.41. The zero-order chi connectivity index (χ0) is 16.2. The Hall–Kier alpha value is -1.41. The van der Waals surface area contributed by atoms with Gasteiger partial charge in [0.1, 0.15) is 5.56 Å². The van der Waals surface area contributed by atoms with Crippen molar-refractivity contribution >= 4 is 42.1 Å². The number of amides is 1. The molecule has 1 aliphatic rings. The van der Waals surface area contributed by atoms with E-state index in [2.05, 4.69) is 15.6 Å². The maximum Gasteiger partial charge on any atom is 0.263 e. The van der Waals surface area contributed by atoms with Crippen LogP contribution < -0.4 is 16.2 Å². The number of carbonyl (C=O) groups is 1. The molecule has 6 nitrogen and oxygen atoms in total. The maximum atomic E-state index is 12.8. The minimum atomic E-state index is -0.316. The van der Waals surface area contributed by atoms with Gasteiger partial charge in [-0.2, -0.15) is 0 Å². The number of nitrogens with zero attached hydrogens (tertiary/aromatic N) is 2. The van der Waals surface area contributed by atoms with E-state index >= 15 is 0 Å². The molecule has 0 atom stereocenters. The van der Waals surface area contributed by atoms with Crippen LogP contribution in [0.5, 0.6) is 0 Å². The molecule has 0 spiro atoms. The fraction of sp³-hybridized carbons (Fsp3) is 0.438. The molecule has 25 heavy (non-hydrogen) atoms. The van der Waals surface area contributed by atoms with E-state index in [-0.39, 0.29) is 47.9 Å². The number of piperidine rings is 1. The van der Waals surface area contributed by atoms with Crippen LogP contribution in [-0.4, -0.2) is 28.5 Å². The van der Waals surface area contributed by atoms with E-state index < -0.39 is 0 Å². The first-order chi connectivity index (χ1) is 11.2. The summed E-state index contributed by atoms with van der Waals surface area (Å²) in [5, 5.41) is 6.11. The van der Waals surface area contributed by atoms with Crippen molar-refractivity contribution in [2.24, 2.45) is 0 Å². The van der Waals surface area contributed by atoms with E-state index in [0.29, 0.717) is 12.1 Å². The lowest BCUT2D eigenvalue weighted by molar-refractivity contribution is 0.0948. The molecule has 0 bridgehead atoms. The van der Waals surface area contributed by atoms with Crippen LogP contribution in [0, 0.1) is 6.92 Å². The average Bonchev–Trinajstić information content (AvgIpc) is 3.07. The van der Waals surface area contributed by atoms with Crippen LogP contribution in [0.15, 0.2) is 28.8 Å². The molecule has 1 amide bonds. The van der Waals surface area contributed by atoms with Gasteiger partial charge < -0.3 is 15.2 Å². The molecule has 1 saturated heterocycles. The van der Waals surface area contributed by atoms with Crippen LogP contribution in [0.1, 0.15) is 39.7 Å². The summed E-state index contributed by atoms with van der Waals surface area (Å²) in [5.41, 5.74) is 2.48. The molecule has 3 rings (SSSR count). The first-order valence-electron chi connectivity index (χ1n) is 7.75. The van der Waals surface area contributed by atoms with Gasteiger partial charge in [0.2, 0.25) is 0 Å². The molecule has 3 heterocycles. The number of thiazole rings is 1. The van der Waals surface area contributed by atoms with Gasteiger partial charge in [-0.05, 0) is 44.5 Å². The summed E-state index contributed by atoms with van der Waals surface area (Å²) in [4.78, 5) is 30.2. The van der Waals surface area contributed by atoms with E-state index in [0.717, 1.165) is 30.8 Å². The molecule has 138 valence electrons. The Morgan fingerprint density at radius 2 is 2.12 bits per heavy atom. The van der Waals surface area contributed by atoms with Gasteiger partial charge in [-0.15, -0.1) is 36.2 Å². The van der Waals surface area contributed by atoms with Gasteiger partial charge in [0.15, 0.2) is 0 Å². The molecule has 2 aromatic heterocycles. The predicted octanol–water partition coefficient (Wildman–Crippen LogP) is 2.31. The number of halogens is 2. The Kier molecular flexibility index (Phi) is 8.58. The van der Waals surface area contributed by atoms with Gasteiger partial charge in [0.05, 0.1) is 12.1 Å². The van der Waals surface area contributed by atoms with E-state index in [1.54, 1.807) is 23.2 Å². The van der Waals surface area contributed by atoms with Crippen molar-refractivity contribution in [1.29, 1.82) is 0 Å². The third-order valence-corrected chi connectivity index (χ3v) is 4.94. The third-order valence-electron chi connectivity index (χ3n) is 4.16. The summed E-state index contributed by atoms with van der Waals surface area (Å²) >= 11 is 1.48. The molecule has 1 fully saturated rings. The Bertz CT molecular complexity index is 743. The van der Waals surface area contributed by atoms with Crippen LogP contribution >= 0.6 is 36.2 Å². The summed E-state index contributed by atoms with van der Waals surface area (Å²) in [6, 6.07) is 2.02. The zero-order valence-corrected chi connectivity index (χ0v) is 16.3. The highest BCUT2D eigenvalue weighted by molar-refractivity contribution is 7.09. The molecule has 1 aliphatic heterocycles. The van der Waals surface area contributed by atoms with Gasteiger partial charge in [0, 0.05) is 23.3 Å². The number of rotatable bonds is 4. The SMILES string of the molecule is Cc1ccn(C2CCNCC2)c(=O)c1C(=O)NCc1cncs1.Cl.Cl. The second-order valence-corrected chi connectivity index (χ2v) is 6.69. The number of carbonyl (C=O) groups excluding carboxylic acids is 1. The first kappa shape index (κ1) is 21.6. The Balaban J connectivity index is 0.00000156. The standard InChI is InChI=1S/C16H20N4O2S.2ClH/c1-11-4-7-20(12-2-5-17-6-3-12)16(22)14(11)15(21)19-9-13-8-18-10-23-13;;/h4,7-8,10,12,17H,2-3,5-6,9H2,1H3,(H,19,21);2*1H. The van der Waals surface area contributed by atoms with Crippen molar-refractivity contribution in [3.05, 3.63) is 50.3 Å². The quantitative estimate of drug-likeness (QED) is 0.819. The van der Waals surface area contributed by atoms with E-state index in [1.165, 1.54) is 11.3 Å². The smallest absolute Gasteiger partial charge is 0.263 e. The molecule has 2 N–H and O–H groups in total. The molecule has 0 aromatic carbocycles. The average molecular weight is 405 g/mol. The van der Waals surface area contributed by atoms with Crippen LogP contribution in [0.25, 0.3) is 0 Å². The summed E-state index contributed by atoms with van der Waals surface area (Å²) in [6.07, 6.45) is 5.35. The van der Waals surface area contributed by atoms with Crippen molar-refractivity contribution in [2.75, 3.05) is 13.1 Å². The van der Waals surface area contributed by atoms with Crippen molar-refractivity contribution in [3.8, 4) is 0 Å². The lowest BCUT2D eigenvalue weighted by atomic mass is 10.0. The largest absolute Gasteiger partial charge is 0.347 e. The lowest BCUT2D eigenvalue weighted by Gasteiger charge is -2.25. The molecular formula is C16H22Cl2N4O2S. The second kappa shape index (κ2) is 9.91. The van der Waals surface area contributed by atoms with Crippen LogP contribution in [0.4, 0.5) is 0 Å². The highest BCUT2D eigenvalue weighted by atomic mass is 35.5. The van der Waals surface area contributed by atoms with Crippen molar-refractivity contribution in [2.45, 2.75) is 32.4 Å². The van der Waals surface area contributed by atoms with E-state index in [4.69, 9.17) is 0 Å². The summed E-state index contributed by atoms with van der Waals surface area (Å²) < 4.78 is 1.72. The Morgan fingerprint density at radius 1 is 1.40 bits per heavy atom. The van der Waals surface area contributed by atoms with Crippen molar-refractivity contribution in [1.82, 2.24) is 20.2 Å². The maximum absolute atomic E-state index is 12.8. The van der Waals surface area contributed by atoms with Crippen LogP contribution in [0.3, 0.4) is 0 Å². The minimum absolute atomic E-state index is 0. The molecular weight excluding hydrogens is 383 g/mol.